The van der Waals surface area contributed by atoms with Crippen LogP contribution >= 0.6 is 15.9 Å². The molecule has 17 heavy (non-hydrogen) atoms. The van der Waals surface area contributed by atoms with Gasteiger partial charge in [0.05, 0.1) is 6.04 Å². The first-order valence-electron chi connectivity index (χ1n) is 5.13. The minimum absolute atomic E-state index is 0.273. The van der Waals surface area contributed by atoms with Gasteiger partial charge in [0.25, 0.3) is 0 Å². The summed E-state index contributed by atoms with van der Waals surface area (Å²) >= 11 is 3.31. The van der Waals surface area contributed by atoms with Crippen molar-refractivity contribution >= 4 is 15.9 Å². The van der Waals surface area contributed by atoms with Crippen molar-refractivity contribution < 1.29 is 4.39 Å². The molecule has 0 spiro atoms. The summed E-state index contributed by atoms with van der Waals surface area (Å²) in [7, 11) is 0. The van der Waals surface area contributed by atoms with Crippen LogP contribution in [0, 0.1) is 5.82 Å². The van der Waals surface area contributed by atoms with E-state index in [0.717, 1.165) is 5.56 Å². The van der Waals surface area contributed by atoms with Gasteiger partial charge in [-0.3, -0.25) is 0 Å². The fourth-order valence-corrected chi connectivity index (χ4v) is 2.03. The number of hydrogen-bond donors (Lipinski definition) is 1. The summed E-state index contributed by atoms with van der Waals surface area (Å²) in [5, 5.41) is 0. The van der Waals surface area contributed by atoms with Crippen LogP contribution in [0.4, 0.5) is 4.39 Å². The molecule has 1 heterocycles. The molecule has 1 aromatic heterocycles. The average Bonchev–Trinajstić information content (AvgIpc) is 2.34. The summed E-state index contributed by atoms with van der Waals surface area (Å²) in [6.07, 6.45) is 3.87. The number of nitrogens with zero attached hydrogens (tertiary/aromatic N) is 2. The Labute approximate surface area is 107 Å². The maximum Gasteiger partial charge on any atom is 0.145 e. The van der Waals surface area contributed by atoms with E-state index in [1.165, 1.54) is 12.1 Å². The fourth-order valence-electron chi connectivity index (χ4n) is 1.52. The summed E-state index contributed by atoms with van der Waals surface area (Å²) in [6.45, 7) is 0. The van der Waals surface area contributed by atoms with Gasteiger partial charge in [0.2, 0.25) is 0 Å². The zero-order valence-electron chi connectivity index (χ0n) is 8.98. The minimum Gasteiger partial charge on any atom is -0.321 e. The van der Waals surface area contributed by atoms with Crippen LogP contribution in [0.5, 0.6) is 0 Å². The normalized spacial score (nSPS) is 12.4. The summed E-state index contributed by atoms with van der Waals surface area (Å²) < 4.78 is 13.6. The Morgan fingerprint density at radius 1 is 1.29 bits per heavy atom. The molecule has 0 aliphatic heterocycles. The Hall–Kier alpha value is -1.33. The Kier molecular flexibility index (Phi) is 3.81. The van der Waals surface area contributed by atoms with E-state index in [0.29, 0.717) is 16.7 Å². The number of benzene rings is 1. The van der Waals surface area contributed by atoms with E-state index >= 15 is 0 Å². The maximum absolute atomic E-state index is 12.9. The number of aromatic nitrogens is 2. The van der Waals surface area contributed by atoms with Gasteiger partial charge in [-0.2, -0.15) is 0 Å². The Bertz CT molecular complexity index is 504. The van der Waals surface area contributed by atoms with Gasteiger partial charge in [0.1, 0.15) is 11.6 Å². The summed E-state index contributed by atoms with van der Waals surface area (Å²) in [4.78, 5) is 8.19. The lowest BCUT2D eigenvalue weighted by Crippen LogP contribution is -2.16. The Balaban J connectivity index is 2.16. The third-order valence-corrected chi connectivity index (χ3v) is 3.11. The first-order valence-corrected chi connectivity index (χ1v) is 5.92. The molecule has 1 atom stereocenters. The predicted octanol–water partition coefficient (Wildman–Crippen LogP) is 2.62. The van der Waals surface area contributed by atoms with Crippen LogP contribution in [-0.2, 0) is 6.42 Å². The summed E-state index contributed by atoms with van der Waals surface area (Å²) in [5.41, 5.74) is 6.93. The van der Waals surface area contributed by atoms with Crippen LogP contribution in [0.15, 0.2) is 41.1 Å². The molecule has 2 aromatic rings. The Morgan fingerprint density at radius 3 is 2.65 bits per heavy atom. The van der Waals surface area contributed by atoms with Crippen molar-refractivity contribution in [2.24, 2.45) is 5.73 Å². The van der Waals surface area contributed by atoms with E-state index < -0.39 is 0 Å². The second kappa shape index (κ2) is 5.33. The SMILES string of the molecule is NC(Cc1ccc(F)cc1Br)c1ncccn1. The quantitative estimate of drug-likeness (QED) is 0.947. The molecule has 0 amide bonds. The van der Waals surface area contributed by atoms with Crippen LogP contribution < -0.4 is 5.73 Å². The second-order valence-electron chi connectivity index (χ2n) is 3.65. The maximum atomic E-state index is 12.9. The first-order chi connectivity index (χ1) is 8.16. The van der Waals surface area contributed by atoms with Gasteiger partial charge in [-0.25, -0.2) is 14.4 Å². The highest BCUT2D eigenvalue weighted by Crippen LogP contribution is 2.22. The molecule has 0 fully saturated rings. The van der Waals surface area contributed by atoms with E-state index in [9.17, 15) is 4.39 Å². The van der Waals surface area contributed by atoms with Crippen LogP contribution in [0.2, 0.25) is 0 Å². The molecule has 0 saturated heterocycles. The highest BCUT2D eigenvalue weighted by atomic mass is 79.9. The summed E-state index contributed by atoms with van der Waals surface area (Å²) in [5.74, 6) is 0.314. The van der Waals surface area contributed by atoms with Gasteiger partial charge in [0.15, 0.2) is 0 Å². The fraction of sp³-hybridized carbons (Fsp3) is 0.167. The van der Waals surface area contributed by atoms with Crippen molar-refractivity contribution in [1.29, 1.82) is 0 Å². The molecule has 0 radical (unpaired) electrons. The molecule has 5 heteroatoms. The first kappa shape index (κ1) is 12.1. The third kappa shape index (κ3) is 3.08. The topological polar surface area (TPSA) is 51.8 Å². The minimum atomic E-state index is -0.294. The van der Waals surface area contributed by atoms with Crippen molar-refractivity contribution in [3.63, 3.8) is 0 Å². The Morgan fingerprint density at radius 2 is 2.00 bits per heavy atom. The van der Waals surface area contributed by atoms with Gasteiger partial charge >= 0.3 is 0 Å². The van der Waals surface area contributed by atoms with E-state index in [1.54, 1.807) is 24.5 Å². The molecular formula is C12H11BrFN3. The van der Waals surface area contributed by atoms with Crippen LogP contribution in [0.3, 0.4) is 0 Å². The zero-order chi connectivity index (χ0) is 12.3. The van der Waals surface area contributed by atoms with Gasteiger partial charge in [-0.05, 0) is 30.2 Å². The molecule has 3 nitrogen and oxygen atoms in total. The molecule has 0 aliphatic carbocycles. The molecule has 0 bridgehead atoms. The zero-order valence-corrected chi connectivity index (χ0v) is 10.6. The van der Waals surface area contributed by atoms with Gasteiger partial charge in [-0.15, -0.1) is 0 Å². The van der Waals surface area contributed by atoms with Crippen molar-refractivity contribution in [2.75, 3.05) is 0 Å². The van der Waals surface area contributed by atoms with E-state index in [4.69, 9.17) is 5.73 Å². The summed E-state index contributed by atoms with van der Waals surface area (Å²) in [6, 6.07) is 6.00. The van der Waals surface area contributed by atoms with Crippen LogP contribution in [0.1, 0.15) is 17.4 Å². The van der Waals surface area contributed by atoms with E-state index in [-0.39, 0.29) is 11.9 Å². The lowest BCUT2D eigenvalue weighted by molar-refractivity contribution is 0.622. The van der Waals surface area contributed by atoms with E-state index in [2.05, 4.69) is 25.9 Å². The van der Waals surface area contributed by atoms with Crippen LogP contribution in [-0.4, -0.2) is 9.97 Å². The van der Waals surface area contributed by atoms with Crippen molar-refractivity contribution in [2.45, 2.75) is 12.5 Å². The molecule has 1 aromatic carbocycles. The van der Waals surface area contributed by atoms with Gasteiger partial charge < -0.3 is 5.73 Å². The highest BCUT2D eigenvalue weighted by molar-refractivity contribution is 9.10. The molecular weight excluding hydrogens is 285 g/mol. The van der Waals surface area contributed by atoms with Crippen molar-refractivity contribution in [3.8, 4) is 0 Å². The van der Waals surface area contributed by atoms with E-state index in [1.807, 2.05) is 0 Å². The van der Waals surface area contributed by atoms with Crippen molar-refractivity contribution in [1.82, 2.24) is 9.97 Å². The molecule has 0 saturated carbocycles. The third-order valence-electron chi connectivity index (χ3n) is 2.37. The molecule has 1 unspecified atom stereocenters. The smallest absolute Gasteiger partial charge is 0.145 e. The van der Waals surface area contributed by atoms with Crippen molar-refractivity contribution in [3.05, 3.63) is 58.3 Å². The molecule has 2 N–H and O–H groups in total. The molecule has 88 valence electrons. The second-order valence-corrected chi connectivity index (χ2v) is 4.51. The van der Waals surface area contributed by atoms with Crippen LogP contribution in [0.25, 0.3) is 0 Å². The van der Waals surface area contributed by atoms with Gasteiger partial charge in [0, 0.05) is 16.9 Å². The number of hydrogen-bond acceptors (Lipinski definition) is 3. The monoisotopic (exact) mass is 295 g/mol. The number of rotatable bonds is 3. The predicted molar refractivity (Wildman–Crippen MR) is 66.8 cm³/mol. The lowest BCUT2D eigenvalue weighted by Gasteiger charge is -2.11. The standard InChI is InChI=1S/C12H11BrFN3/c13-10-7-9(14)3-2-8(10)6-11(15)12-16-4-1-5-17-12/h1-5,7,11H,6,15H2. The molecule has 0 aliphatic rings. The largest absolute Gasteiger partial charge is 0.321 e. The average molecular weight is 296 g/mol. The molecule has 2 rings (SSSR count). The number of nitrogens with two attached hydrogens (primary N) is 1. The highest BCUT2D eigenvalue weighted by Gasteiger charge is 2.11. The number of halogens is 2. The van der Waals surface area contributed by atoms with Gasteiger partial charge in [-0.1, -0.05) is 22.0 Å². The lowest BCUT2D eigenvalue weighted by atomic mass is 10.1.